The van der Waals surface area contributed by atoms with E-state index in [1.54, 1.807) is 0 Å². The summed E-state index contributed by atoms with van der Waals surface area (Å²) in [5, 5.41) is 13.0. The van der Waals surface area contributed by atoms with E-state index < -0.39 is 0 Å². The van der Waals surface area contributed by atoms with E-state index in [-0.39, 0.29) is 5.54 Å². The first kappa shape index (κ1) is 14.3. The van der Waals surface area contributed by atoms with E-state index >= 15 is 0 Å². The van der Waals surface area contributed by atoms with E-state index in [1.807, 2.05) is 6.07 Å². The number of nitriles is 1. The number of hydrogen-bond donors (Lipinski definition) is 2. The van der Waals surface area contributed by atoms with Gasteiger partial charge in [0.1, 0.15) is 11.9 Å². The zero-order valence-electron chi connectivity index (χ0n) is 12.8. The Bertz CT molecular complexity index is 575. The van der Waals surface area contributed by atoms with Gasteiger partial charge in [-0.15, -0.1) is 0 Å². The normalized spacial score (nSPS) is 28.0. The molecule has 1 aromatic heterocycles. The fourth-order valence-electron chi connectivity index (χ4n) is 3.84. The summed E-state index contributed by atoms with van der Waals surface area (Å²) in [6.07, 6.45) is 7.95. The van der Waals surface area contributed by atoms with Crippen molar-refractivity contribution in [3.63, 3.8) is 0 Å². The molecule has 0 aromatic carbocycles. The zero-order chi connectivity index (χ0) is 14.9. The summed E-state index contributed by atoms with van der Waals surface area (Å²) in [7, 11) is 0. The molecule has 0 aliphatic heterocycles. The van der Waals surface area contributed by atoms with Crippen molar-refractivity contribution >= 4 is 5.82 Å². The van der Waals surface area contributed by atoms with Crippen molar-refractivity contribution in [1.82, 2.24) is 4.98 Å². The summed E-state index contributed by atoms with van der Waals surface area (Å²) < 4.78 is 0. The van der Waals surface area contributed by atoms with Crippen molar-refractivity contribution in [2.45, 2.75) is 57.4 Å². The molecular formula is C17H24N4. The van der Waals surface area contributed by atoms with Crippen molar-refractivity contribution in [3.8, 4) is 6.07 Å². The van der Waals surface area contributed by atoms with Gasteiger partial charge in [0.05, 0.1) is 11.1 Å². The quantitative estimate of drug-likeness (QED) is 0.895. The molecule has 1 fully saturated rings. The van der Waals surface area contributed by atoms with Gasteiger partial charge in [0.15, 0.2) is 0 Å². The molecule has 1 heterocycles. The number of nitrogens with zero attached hydrogens (tertiary/aromatic N) is 2. The smallest absolute Gasteiger partial charge is 0.144 e. The third-order valence-electron chi connectivity index (χ3n) is 5.36. The SMILES string of the molecule is CC1CCCCC1(CN)Nc1nc2c(cc1C#N)CCC2. The first-order valence-electron chi connectivity index (χ1n) is 8.09. The molecular weight excluding hydrogens is 260 g/mol. The predicted octanol–water partition coefficient (Wildman–Crippen LogP) is 2.76. The predicted molar refractivity (Wildman–Crippen MR) is 84.0 cm³/mol. The van der Waals surface area contributed by atoms with Gasteiger partial charge in [-0.3, -0.25) is 0 Å². The Kier molecular flexibility index (Phi) is 3.86. The summed E-state index contributed by atoms with van der Waals surface area (Å²) in [5.41, 5.74) is 9.07. The highest BCUT2D eigenvalue weighted by Gasteiger charge is 2.37. The third-order valence-corrected chi connectivity index (χ3v) is 5.36. The second kappa shape index (κ2) is 5.65. The minimum atomic E-state index is -0.107. The first-order valence-corrected chi connectivity index (χ1v) is 8.09. The Balaban J connectivity index is 1.95. The highest BCUT2D eigenvalue weighted by molar-refractivity contribution is 5.56. The molecule has 2 atom stereocenters. The molecule has 112 valence electrons. The molecule has 3 rings (SSSR count). The molecule has 0 amide bonds. The van der Waals surface area contributed by atoms with Crippen LogP contribution < -0.4 is 11.1 Å². The van der Waals surface area contributed by atoms with Crippen molar-refractivity contribution in [3.05, 3.63) is 22.9 Å². The fourth-order valence-corrected chi connectivity index (χ4v) is 3.84. The third kappa shape index (κ3) is 2.51. The number of rotatable bonds is 3. The first-order chi connectivity index (χ1) is 10.2. The topological polar surface area (TPSA) is 74.7 Å². The van der Waals surface area contributed by atoms with Gasteiger partial charge in [0, 0.05) is 12.2 Å². The fraction of sp³-hybridized carbons (Fsp3) is 0.647. The van der Waals surface area contributed by atoms with Crippen molar-refractivity contribution in [2.75, 3.05) is 11.9 Å². The van der Waals surface area contributed by atoms with Gasteiger partial charge in [0.2, 0.25) is 0 Å². The second-order valence-electron chi connectivity index (χ2n) is 6.59. The molecule has 3 N–H and O–H groups in total. The maximum Gasteiger partial charge on any atom is 0.144 e. The van der Waals surface area contributed by atoms with Crippen LogP contribution in [-0.4, -0.2) is 17.1 Å². The van der Waals surface area contributed by atoms with Gasteiger partial charge >= 0.3 is 0 Å². The minimum absolute atomic E-state index is 0.107. The maximum atomic E-state index is 9.44. The largest absolute Gasteiger partial charge is 0.362 e. The lowest BCUT2D eigenvalue weighted by Gasteiger charge is -2.43. The van der Waals surface area contributed by atoms with Crippen LogP contribution in [-0.2, 0) is 12.8 Å². The summed E-state index contributed by atoms with van der Waals surface area (Å²) in [4.78, 5) is 4.76. The highest BCUT2D eigenvalue weighted by Crippen LogP contribution is 2.36. The molecule has 2 aliphatic rings. The lowest BCUT2D eigenvalue weighted by atomic mass is 9.73. The highest BCUT2D eigenvalue weighted by atomic mass is 15.1. The van der Waals surface area contributed by atoms with Crippen LogP contribution in [0.1, 0.15) is 55.8 Å². The average Bonchev–Trinajstić information content (AvgIpc) is 2.96. The van der Waals surface area contributed by atoms with Crippen LogP contribution in [0, 0.1) is 17.2 Å². The molecule has 4 nitrogen and oxygen atoms in total. The van der Waals surface area contributed by atoms with E-state index in [0.29, 0.717) is 18.0 Å². The lowest BCUT2D eigenvalue weighted by Crippen LogP contribution is -2.52. The Labute approximate surface area is 126 Å². The van der Waals surface area contributed by atoms with Gasteiger partial charge in [-0.2, -0.15) is 5.26 Å². The standard InChI is InChI=1S/C17H24N4/c1-12-5-2-3-8-17(12,11-19)21-16-14(10-18)9-13-6-4-7-15(13)20-16/h9,12H,2-8,11,19H2,1H3,(H,20,21). The van der Waals surface area contributed by atoms with E-state index in [1.165, 1.54) is 24.8 Å². The van der Waals surface area contributed by atoms with Gasteiger partial charge in [-0.1, -0.05) is 19.8 Å². The van der Waals surface area contributed by atoms with Crippen LogP contribution in [0.5, 0.6) is 0 Å². The number of nitrogens with two attached hydrogens (primary N) is 1. The molecule has 0 spiro atoms. The van der Waals surface area contributed by atoms with Crippen LogP contribution in [0.2, 0.25) is 0 Å². The monoisotopic (exact) mass is 284 g/mol. The average molecular weight is 284 g/mol. The molecule has 0 radical (unpaired) electrons. The lowest BCUT2D eigenvalue weighted by molar-refractivity contribution is 0.235. The summed E-state index contributed by atoms with van der Waals surface area (Å²) in [6.45, 7) is 2.86. The molecule has 2 unspecified atom stereocenters. The number of anilines is 1. The van der Waals surface area contributed by atoms with Gasteiger partial charge < -0.3 is 11.1 Å². The Morgan fingerprint density at radius 1 is 1.43 bits per heavy atom. The van der Waals surface area contributed by atoms with E-state index in [0.717, 1.165) is 37.2 Å². The number of fused-ring (bicyclic) bond motifs is 1. The van der Waals surface area contributed by atoms with Crippen LogP contribution in [0.15, 0.2) is 6.07 Å². The van der Waals surface area contributed by atoms with Gasteiger partial charge in [-0.05, 0) is 49.7 Å². The minimum Gasteiger partial charge on any atom is -0.362 e. The Hall–Kier alpha value is -1.60. The number of aromatic nitrogens is 1. The summed E-state index contributed by atoms with van der Waals surface area (Å²) in [6, 6.07) is 4.33. The van der Waals surface area contributed by atoms with Crippen LogP contribution >= 0.6 is 0 Å². The van der Waals surface area contributed by atoms with Crippen LogP contribution in [0.4, 0.5) is 5.82 Å². The summed E-state index contributed by atoms with van der Waals surface area (Å²) >= 11 is 0. The van der Waals surface area contributed by atoms with Crippen molar-refractivity contribution < 1.29 is 0 Å². The number of hydrogen-bond acceptors (Lipinski definition) is 4. The molecule has 1 aromatic rings. The number of aryl methyl sites for hydroxylation is 2. The molecule has 21 heavy (non-hydrogen) atoms. The molecule has 0 saturated heterocycles. The maximum absolute atomic E-state index is 9.44. The second-order valence-corrected chi connectivity index (χ2v) is 6.59. The summed E-state index contributed by atoms with van der Waals surface area (Å²) in [5.74, 6) is 1.26. The zero-order valence-corrected chi connectivity index (χ0v) is 12.8. The Morgan fingerprint density at radius 2 is 2.29 bits per heavy atom. The van der Waals surface area contributed by atoms with Gasteiger partial charge in [-0.25, -0.2) is 4.98 Å². The van der Waals surface area contributed by atoms with Gasteiger partial charge in [0.25, 0.3) is 0 Å². The van der Waals surface area contributed by atoms with E-state index in [2.05, 4.69) is 18.3 Å². The van der Waals surface area contributed by atoms with E-state index in [9.17, 15) is 5.26 Å². The van der Waals surface area contributed by atoms with Crippen LogP contribution in [0.3, 0.4) is 0 Å². The Morgan fingerprint density at radius 3 is 3.00 bits per heavy atom. The number of pyridine rings is 1. The molecule has 4 heteroatoms. The molecule has 1 saturated carbocycles. The molecule has 2 aliphatic carbocycles. The van der Waals surface area contributed by atoms with E-state index in [4.69, 9.17) is 10.7 Å². The van der Waals surface area contributed by atoms with Crippen LogP contribution in [0.25, 0.3) is 0 Å². The van der Waals surface area contributed by atoms with Crippen molar-refractivity contribution in [2.24, 2.45) is 11.7 Å². The molecule has 0 bridgehead atoms. The van der Waals surface area contributed by atoms with Crippen molar-refractivity contribution in [1.29, 1.82) is 5.26 Å². The number of nitrogens with one attached hydrogen (secondary N) is 1.